The Morgan fingerprint density at radius 2 is 1.84 bits per heavy atom. The van der Waals surface area contributed by atoms with Crippen molar-refractivity contribution in [1.29, 1.82) is 0 Å². The molecule has 0 atom stereocenters. The fraction of sp³-hybridized carbons (Fsp3) is 0.200. The highest BCUT2D eigenvalue weighted by atomic mass is 35.5. The second kappa shape index (κ2) is 7.99. The standard InChI is InChI=1S/C20H19ClN2O2/c1-2-3-4-14-5-11-17(12-6-14)22-20(24)18-13-19(25-23-18)15-7-9-16(21)10-8-15/h5-13H,2-4H2,1H3,(H,22,24). The minimum Gasteiger partial charge on any atom is -0.355 e. The first-order valence-electron chi connectivity index (χ1n) is 8.28. The van der Waals surface area contributed by atoms with Crippen molar-refractivity contribution in [1.82, 2.24) is 5.16 Å². The molecule has 0 aliphatic rings. The molecule has 25 heavy (non-hydrogen) atoms. The van der Waals surface area contributed by atoms with Crippen molar-refractivity contribution in [3.05, 3.63) is 70.9 Å². The van der Waals surface area contributed by atoms with Gasteiger partial charge in [-0.1, -0.05) is 42.2 Å². The summed E-state index contributed by atoms with van der Waals surface area (Å²) in [6.45, 7) is 2.17. The van der Waals surface area contributed by atoms with Crippen LogP contribution in [0.5, 0.6) is 0 Å². The van der Waals surface area contributed by atoms with Crippen molar-refractivity contribution in [2.45, 2.75) is 26.2 Å². The summed E-state index contributed by atoms with van der Waals surface area (Å²) in [6.07, 6.45) is 3.39. The van der Waals surface area contributed by atoms with Crippen LogP contribution in [0, 0.1) is 0 Å². The predicted molar refractivity (Wildman–Crippen MR) is 100.0 cm³/mol. The Labute approximate surface area is 151 Å². The van der Waals surface area contributed by atoms with Crippen LogP contribution >= 0.6 is 11.6 Å². The summed E-state index contributed by atoms with van der Waals surface area (Å²) in [4.78, 5) is 12.3. The fourth-order valence-electron chi connectivity index (χ4n) is 2.46. The normalized spacial score (nSPS) is 10.6. The molecule has 1 N–H and O–H groups in total. The molecule has 3 rings (SSSR count). The zero-order valence-corrected chi connectivity index (χ0v) is 14.7. The van der Waals surface area contributed by atoms with Gasteiger partial charge in [-0.2, -0.15) is 0 Å². The smallest absolute Gasteiger partial charge is 0.277 e. The van der Waals surface area contributed by atoms with Crippen molar-refractivity contribution in [2.75, 3.05) is 5.32 Å². The van der Waals surface area contributed by atoms with Crippen LogP contribution in [-0.4, -0.2) is 11.1 Å². The van der Waals surface area contributed by atoms with Crippen molar-refractivity contribution in [3.63, 3.8) is 0 Å². The third-order valence-corrected chi connectivity index (χ3v) is 4.15. The van der Waals surface area contributed by atoms with Gasteiger partial charge >= 0.3 is 0 Å². The fourth-order valence-corrected chi connectivity index (χ4v) is 2.59. The first kappa shape index (κ1) is 17.2. The molecule has 0 fully saturated rings. The van der Waals surface area contributed by atoms with E-state index in [1.54, 1.807) is 18.2 Å². The van der Waals surface area contributed by atoms with Gasteiger partial charge < -0.3 is 9.84 Å². The Hall–Kier alpha value is -2.59. The molecule has 1 amide bonds. The number of amides is 1. The third-order valence-electron chi connectivity index (χ3n) is 3.90. The molecule has 0 saturated heterocycles. The van der Waals surface area contributed by atoms with E-state index in [-0.39, 0.29) is 11.6 Å². The summed E-state index contributed by atoms with van der Waals surface area (Å²) < 4.78 is 5.26. The number of unbranched alkanes of at least 4 members (excludes halogenated alkanes) is 1. The number of carbonyl (C=O) groups excluding carboxylic acids is 1. The molecule has 1 aromatic heterocycles. The van der Waals surface area contributed by atoms with E-state index in [4.69, 9.17) is 16.1 Å². The van der Waals surface area contributed by atoms with Gasteiger partial charge in [-0.15, -0.1) is 0 Å². The van der Waals surface area contributed by atoms with E-state index in [0.29, 0.717) is 10.8 Å². The van der Waals surface area contributed by atoms with Crippen LogP contribution in [0.25, 0.3) is 11.3 Å². The number of anilines is 1. The number of hydrogen-bond donors (Lipinski definition) is 1. The molecule has 0 saturated carbocycles. The molecule has 5 heteroatoms. The summed E-state index contributed by atoms with van der Waals surface area (Å²) in [5, 5.41) is 7.32. The molecule has 0 spiro atoms. The van der Waals surface area contributed by atoms with Gasteiger partial charge in [0.25, 0.3) is 5.91 Å². The van der Waals surface area contributed by atoms with Crippen molar-refractivity contribution in [2.24, 2.45) is 0 Å². The van der Waals surface area contributed by atoms with Crippen LogP contribution in [0.15, 0.2) is 59.1 Å². The lowest BCUT2D eigenvalue weighted by molar-refractivity contribution is 0.101. The van der Waals surface area contributed by atoms with Crippen molar-refractivity contribution < 1.29 is 9.32 Å². The Bertz CT molecular complexity index is 839. The molecule has 2 aromatic carbocycles. The highest BCUT2D eigenvalue weighted by Gasteiger charge is 2.14. The first-order valence-corrected chi connectivity index (χ1v) is 8.66. The number of rotatable bonds is 6. The van der Waals surface area contributed by atoms with E-state index in [0.717, 1.165) is 24.1 Å². The van der Waals surface area contributed by atoms with E-state index in [1.807, 2.05) is 36.4 Å². The van der Waals surface area contributed by atoms with Crippen LogP contribution in [0.2, 0.25) is 5.02 Å². The number of aryl methyl sites for hydroxylation is 1. The van der Waals surface area contributed by atoms with Gasteiger partial charge in [0.2, 0.25) is 0 Å². The van der Waals surface area contributed by atoms with E-state index in [1.165, 1.54) is 12.0 Å². The molecular formula is C20H19ClN2O2. The maximum Gasteiger partial charge on any atom is 0.277 e. The van der Waals surface area contributed by atoms with E-state index in [9.17, 15) is 4.79 Å². The minimum atomic E-state index is -0.301. The minimum absolute atomic E-state index is 0.236. The zero-order chi connectivity index (χ0) is 17.6. The number of hydrogen-bond acceptors (Lipinski definition) is 3. The van der Waals surface area contributed by atoms with Gasteiger partial charge in [-0.3, -0.25) is 4.79 Å². The molecule has 128 valence electrons. The van der Waals surface area contributed by atoms with Crippen LogP contribution in [0.4, 0.5) is 5.69 Å². The molecule has 0 radical (unpaired) electrons. The van der Waals surface area contributed by atoms with Gasteiger partial charge in [0.1, 0.15) is 0 Å². The van der Waals surface area contributed by atoms with Gasteiger partial charge in [0.05, 0.1) is 0 Å². The summed E-state index contributed by atoms with van der Waals surface area (Å²) in [5.41, 5.74) is 3.06. The lowest BCUT2D eigenvalue weighted by atomic mass is 10.1. The number of halogens is 1. The Kier molecular flexibility index (Phi) is 5.51. The van der Waals surface area contributed by atoms with Crippen LogP contribution in [-0.2, 0) is 6.42 Å². The van der Waals surface area contributed by atoms with Crippen molar-refractivity contribution in [3.8, 4) is 11.3 Å². The van der Waals surface area contributed by atoms with Crippen LogP contribution < -0.4 is 5.32 Å². The lowest BCUT2D eigenvalue weighted by Gasteiger charge is -2.04. The Morgan fingerprint density at radius 1 is 1.12 bits per heavy atom. The molecule has 3 aromatic rings. The summed E-state index contributed by atoms with van der Waals surface area (Å²) in [6, 6.07) is 16.7. The topological polar surface area (TPSA) is 55.1 Å². The Balaban J connectivity index is 1.66. The van der Waals surface area contributed by atoms with E-state index < -0.39 is 0 Å². The lowest BCUT2D eigenvalue weighted by Crippen LogP contribution is -2.12. The zero-order valence-electron chi connectivity index (χ0n) is 14.0. The number of aromatic nitrogens is 1. The summed E-state index contributed by atoms with van der Waals surface area (Å²) >= 11 is 5.87. The van der Waals surface area contributed by atoms with Gasteiger partial charge in [0.15, 0.2) is 11.5 Å². The van der Waals surface area contributed by atoms with Crippen LogP contribution in [0.1, 0.15) is 35.8 Å². The number of nitrogens with zero attached hydrogens (tertiary/aromatic N) is 1. The molecule has 0 bridgehead atoms. The predicted octanol–water partition coefficient (Wildman–Crippen LogP) is 5.59. The second-order valence-electron chi connectivity index (χ2n) is 5.84. The van der Waals surface area contributed by atoms with Crippen molar-refractivity contribution >= 4 is 23.2 Å². The van der Waals surface area contributed by atoms with Gasteiger partial charge in [-0.25, -0.2) is 0 Å². The number of carbonyl (C=O) groups is 1. The number of nitrogens with one attached hydrogen (secondary N) is 1. The molecule has 0 aliphatic heterocycles. The summed E-state index contributed by atoms with van der Waals surface area (Å²) in [5.74, 6) is 0.224. The molecule has 0 aliphatic carbocycles. The number of benzene rings is 2. The average molecular weight is 355 g/mol. The second-order valence-corrected chi connectivity index (χ2v) is 6.27. The summed E-state index contributed by atoms with van der Waals surface area (Å²) in [7, 11) is 0. The van der Waals surface area contributed by atoms with Gasteiger partial charge in [0, 0.05) is 22.3 Å². The SMILES string of the molecule is CCCCc1ccc(NC(=O)c2cc(-c3ccc(Cl)cc3)on2)cc1. The maximum absolute atomic E-state index is 12.3. The van der Waals surface area contributed by atoms with Crippen LogP contribution in [0.3, 0.4) is 0 Å². The monoisotopic (exact) mass is 354 g/mol. The highest BCUT2D eigenvalue weighted by Crippen LogP contribution is 2.22. The molecule has 1 heterocycles. The first-order chi connectivity index (χ1) is 12.2. The highest BCUT2D eigenvalue weighted by molar-refractivity contribution is 6.30. The van der Waals surface area contributed by atoms with E-state index >= 15 is 0 Å². The van der Waals surface area contributed by atoms with Gasteiger partial charge in [-0.05, 0) is 54.8 Å². The molecular weight excluding hydrogens is 336 g/mol. The molecule has 0 unspecified atom stereocenters. The van der Waals surface area contributed by atoms with E-state index in [2.05, 4.69) is 17.4 Å². The quantitative estimate of drug-likeness (QED) is 0.627. The average Bonchev–Trinajstić information content (AvgIpc) is 3.12. The Morgan fingerprint density at radius 3 is 2.52 bits per heavy atom. The third kappa shape index (κ3) is 4.48. The largest absolute Gasteiger partial charge is 0.355 e. The maximum atomic E-state index is 12.3. The molecule has 4 nitrogen and oxygen atoms in total.